The fourth-order valence-corrected chi connectivity index (χ4v) is 3.23. The van der Waals surface area contributed by atoms with E-state index in [-0.39, 0.29) is 18.8 Å². The summed E-state index contributed by atoms with van der Waals surface area (Å²) >= 11 is 0. The number of nitrogens with zero attached hydrogens (tertiary/aromatic N) is 5. The van der Waals surface area contributed by atoms with Crippen LogP contribution in [-0.4, -0.2) is 49.7 Å². The van der Waals surface area contributed by atoms with Crippen molar-refractivity contribution < 1.29 is 9.18 Å². The third kappa shape index (κ3) is 3.17. The van der Waals surface area contributed by atoms with Crippen LogP contribution in [0.5, 0.6) is 0 Å². The van der Waals surface area contributed by atoms with Gasteiger partial charge in [-0.05, 0) is 18.9 Å². The number of nitrogens with one attached hydrogen (secondary N) is 2. The second-order valence-electron chi connectivity index (χ2n) is 6.47. The Bertz CT molecular complexity index is 1030. The molecule has 3 heterocycles. The van der Waals surface area contributed by atoms with Crippen LogP contribution in [-0.2, 0) is 4.79 Å². The normalized spacial score (nSPS) is 19.6. The summed E-state index contributed by atoms with van der Waals surface area (Å²) < 4.78 is 14.9. The van der Waals surface area contributed by atoms with Gasteiger partial charge in [-0.3, -0.25) is 14.9 Å². The molecule has 1 aromatic carbocycles. The van der Waals surface area contributed by atoms with Crippen molar-refractivity contribution in [3.8, 4) is 17.5 Å². The van der Waals surface area contributed by atoms with Crippen LogP contribution in [0.4, 0.5) is 10.2 Å². The van der Waals surface area contributed by atoms with E-state index in [1.807, 2.05) is 24.4 Å². The number of hydrogen-bond acceptors (Lipinski definition) is 6. The van der Waals surface area contributed by atoms with Crippen molar-refractivity contribution >= 4 is 22.6 Å². The van der Waals surface area contributed by atoms with Crippen LogP contribution in [0.3, 0.4) is 0 Å². The zero-order chi connectivity index (χ0) is 18.9. The number of alkyl halides is 1. The van der Waals surface area contributed by atoms with E-state index in [2.05, 4.69) is 25.5 Å². The Hall–Kier alpha value is -3.54. The van der Waals surface area contributed by atoms with Gasteiger partial charge in [0.1, 0.15) is 0 Å². The van der Waals surface area contributed by atoms with Crippen LogP contribution in [0.1, 0.15) is 12.8 Å². The van der Waals surface area contributed by atoms with Crippen LogP contribution in [0.15, 0.2) is 36.8 Å². The maximum Gasteiger partial charge on any atom is 0.265 e. The Labute approximate surface area is 154 Å². The minimum atomic E-state index is -2.11. The Morgan fingerprint density at radius 2 is 2.22 bits per heavy atom. The van der Waals surface area contributed by atoms with E-state index in [0.29, 0.717) is 18.7 Å². The van der Waals surface area contributed by atoms with E-state index in [1.54, 1.807) is 6.20 Å². The molecule has 0 bridgehead atoms. The van der Waals surface area contributed by atoms with E-state index in [1.165, 1.54) is 17.3 Å². The van der Waals surface area contributed by atoms with Crippen LogP contribution < -0.4 is 5.32 Å². The fraction of sp³-hybridized carbons (Fsp3) is 0.278. The lowest BCUT2D eigenvalue weighted by atomic mass is 9.94. The molecule has 1 aliphatic heterocycles. The number of likely N-dealkylation sites (tertiary alicyclic amines) is 1. The molecule has 0 spiro atoms. The van der Waals surface area contributed by atoms with Gasteiger partial charge in [-0.1, -0.05) is 12.1 Å². The number of fused-ring (bicyclic) bond motifs is 1. The number of H-pyrrole nitrogens is 1. The van der Waals surface area contributed by atoms with Gasteiger partial charge >= 0.3 is 0 Å². The summed E-state index contributed by atoms with van der Waals surface area (Å²) in [5.41, 5.74) is 0.232. The van der Waals surface area contributed by atoms with E-state index in [0.717, 1.165) is 16.5 Å². The molecule has 0 radical (unpaired) electrons. The maximum atomic E-state index is 14.9. The summed E-state index contributed by atoms with van der Waals surface area (Å²) in [6.07, 6.45) is 7.02. The SMILES string of the molecule is N#CN1CCC[C@](F)(C(=O)Nc2cnc(-c3cccc4[nH]ncc34)cn2)C1. The average molecular weight is 365 g/mol. The number of anilines is 1. The molecule has 8 nitrogen and oxygen atoms in total. The highest BCUT2D eigenvalue weighted by atomic mass is 19.1. The van der Waals surface area contributed by atoms with Gasteiger partial charge < -0.3 is 10.2 Å². The van der Waals surface area contributed by atoms with E-state index < -0.39 is 11.6 Å². The minimum absolute atomic E-state index is 0.0744. The largest absolute Gasteiger partial charge is 0.307 e. The minimum Gasteiger partial charge on any atom is -0.307 e. The first-order chi connectivity index (χ1) is 13.1. The first-order valence-electron chi connectivity index (χ1n) is 8.49. The molecule has 1 saturated heterocycles. The van der Waals surface area contributed by atoms with Gasteiger partial charge in [-0.2, -0.15) is 10.4 Å². The molecule has 3 aromatic rings. The molecule has 0 aliphatic carbocycles. The van der Waals surface area contributed by atoms with E-state index in [4.69, 9.17) is 5.26 Å². The van der Waals surface area contributed by atoms with Crippen molar-refractivity contribution in [2.24, 2.45) is 0 Å². The molecule has 9 heteroatoms. The third-order valence-electron chi connectivity index (χ3n) is 4.65. The van der Waals surface area contributed by atoms with Crippen LogP contribution in [0.2, 0.25) is 0 Å². The van der Waals surface area contributed by atoms with Crippen molar-refractivity contribution in [3.05, 3.63) is 36.8 Å². The molecular weight excluding hydrogens is 349 g/mol. The second-order valence-corrected chi connectivity index (χ2v) is 6.47. The van der Waals surface area contributed by atoms with Crippen molar-refractivity contribution in [3.63, 3.8) is 0 Å². The number of benzene rings is 1. The lowest BCUT2D eigenvalue weighted by molar-refractivity contribution is -0.130. The van der Waals surface area contributed by atoms with Gasteiger partial charge in [0.2, 0.25) is 5.67 Å². The number of carbonyl (C=O) groups is 1. The molecule has 1 fully saturated rings. The number of rotatable bonds is 3. The summed E-state index contributed by atoms with van der Waals surface area (Å²) in [7, 11) is 0. The predicted molar refractivity (Wildman–Crippen MR) is 96.0 cm³/mol. The number of hydrogen-bond donors (Lipinski definition) is 2. The Morgan fingerprint density at radius 1 is 1.33 bits per heavy atom. The van der Waals surface area contributed by atoms with E-state index in [9.17, 15) is 9.18 Å². The van der Waals surface area contributed by atoms with E-state index >= 15 is 0 Å². The molecule has 1 aliphatic rings. The molecule has 2 aromatic heterocycles. The molecule has 1 amide bonds. The second kappa shape index (κ2) is 6.64. The number of nitriles is 1. The molecule has 136 valence electrons. The van der Waals surface area contributed by atoms with Crippen molar-refractivity contribution in [1.82, 2.24) is 25.1 Å². The average Bonchev–Trinajstić information content (AvgIpc) is 3.17. The quantitative estimate of drug-likeness (QED) is 0.689. The number of piperidine rings is 1. The van der Waals surface area contributed by atoms with Crippen LogP contribution in [0, 0.1) is 11.5 Å². The number of aromatic amines is 1. The number of carbonyl (C=O) groups excluding carboxylic acids is 1. The van der Waals surface area contributed by atoms with Crippen molar-refractivity contribution in [2.75, 3.05) is 18.4 Å². The highest BCUT2D eigenvalue weighted by Crippen LogP contribution is 2.28. The molecule has 27 heavy (non-hydrogen) atoms. The van der Waals surface area contributed by atoms with Gasteiger partial charge in [-0.25, -0.2) is 9.37 Å². The van der Waals surface area contributed by atoms with Crippen LogP contribution >= 0.6 is 0 Å². The molecule has 0 unspecified atom stereocenters. The topological polar surface area (TPSA) is 111 Å². The Balaban J connectivity index is 1.52. The summed E-state index contributed by atoms with van der Waals surface area (Å²) in [6, 6.07) is 5.68. The summed E-state index contributed by atoms with van der Waals surface area (Å²) in [4.78, 5) is 22.1. The van der Waals surface area contributed by atoms with Gasteiger partial charge in [0.25, 0.3) is 5.91 Å². The van der Waals surface area contributed by atoms with Crippen LogP contribution in [0.25, 0.3) is 22.2 Å². The van der Waals surface area contributed by atoms with Crippen molar-refractivity contribution in [1.29, 1.82) is 5.26 Å². The smallest absolute Gasteiger partial charge is 0.265 e. The zero-order valence-corrected chi connectivity index (χ0v) is 14.3. The third-order valence-corrected chi connectivity index (χ3v) is 4.65. The fourth-order valence-electron chi connectivity index (χ4n) is 3.23. The van der Waals surface area contributed by atoms with Gasteiger partial charge in [-0.15, -0.1) is 0 Å². The standard InChI is InChI=1S/C18H16FN7O/c19-18(5-2-6-26(10-18)11-20)17(27)24-16-9-21-15(8-22-16)12-3-1-4-14-13(12)7-23-25-14/h1,3-4,7-9H,2,5-6,10H2,(H,23,25)(H,22,24,27)/t18-/m1/s1. The first kappa shape index (κ1) is 16.9. The monoisotopic (exact) mass is 365 g/mol. The van der Waals surface area contributed by atoms with Gasteiger partial charge in [0.15, 0.2) is 12.0 Å². The molecular formula is C18H16FN7O. The number of aromatic nitrogens is 4. The maximum absolute atomic E-state index is 14.9. The Morgan fingerprint density at radius 3 is 3.00 bits per heavy atom. The highest BCUT2D eigenvalue weighted by Gasteiger charge is 2.42. The molecule has 0 saturated carbocycles. The summed E-state index contributed by atoms with van der Waals surface area (Å²) in [6.45, 7) is 0.215. The highest BCUT2D eigenvalue weighted by molar-refractivity contribution is 5.97. The predicted octanol–water partition coefficient (Wildman–Crippen LogP) is 2.24. The molecule has 2 N–H and O–H groups in total. The first-order valence-corrected chi connectivity index (χ1v) is 8.49. The van der Waals surface area contributed by atoms with Gasteiger partial charge in [0, 0.05) is 17.5 Å². The lowest BCUT2D eigenvalue weighted by Gasteiger charge is -2.32. The number of halogens is 1. The molecule has 4 rings (SSSR count). The Kier molecular flexibility index (Phi) is 4.16. The molecule has 1 atom stereocenters. The number of amides is 1. The lowest BCUT2D eigenvalue weighted by Crippen LogP contribution is -2.51. The van der Waals surface area contributed by atoms with Crippen molar-refractivity contribution in [2.45, 2.75) is 18.5 Å². The van der Waals surface area contributed by atoms with Gasteiger partial charge in [0.05, 0.1) is 36.3 Å². The summed E-state index contributed by atoms with van der Waals surface area (Å²) in [5.74, 6) is -0.643. The zero-order valence-electron chi connectivity index (χ0n) is 14.3. The summed E-state index contributed by atoms with van der Waals surface area (Å²) in [5, 5.41) is 19.2.